The highest BCUT2D eigenvalue weighted by Gasteiger charge is 2.62. The minimum atomic E-state index is -3.26. The molecule has 0 heterocycles. The number of Topliss-reactive ketones (excluding diaryl/α,β-unsaturated/α-hetero) is 2. The molecule has 0 bridgehead atoms. The number of rotatable bonds is 24. The van der Waals surface area contributed by atoms with E-state index in [2.05, 4.69) is 16.0 Å². The third-order valence-corrected chi connectivity index (χ3v) is 8.61. The van der Waals surface area contributed by atoms with Crippen molar-refractivity contribution in [3.63, 3.8) is 0 Å². The first-order valence-electron chi connectivity index (χ1n) is 17.6. The summed E-state index contributed by atoms with van der Waals surface area (Å²) in [6.07, 6.45) is -2.08. The molecule has 0 spiro atoms. The lowest BCUT2D eigenvalue weighted by Crippen LogP contribution is -2.67. The number of aliphatic hydroxyl groups excluding tert-OH is 2. The largest absolute Gasteiger partial charge is 0.480 e. The predicted molar refractivity (Wildman–Crippen MR) is 187 cm³/mol. The van der Waals surface area contributed by atoms with Gasteiger partial charge in [0, 0.05) is 18.9 Å². The lowest BCUT2D eigenvalue weighted by molar-refractivity contribution is -0.173. The Kier molecular flexibility index (Phi) is 20.0. The first-order valence-corrected chi connectivity index (χ1v) is 17.6. The van der Waals surface area contributed by atoms with Gasteiger partial charge in [-0.1, -0.05) is 75.2 Å². The fraction of sp³-hybridized carbons (Fsp3) is 0.829. The molecule has 0 saturated carbocycles. The summed E-state index contributed by atoms with van der Waals surface area (Å²) >= 11 is 0. The topological polar surface area (TPSA) is 251 Å². The van der Waals surface area contributed by atoms with Crippen LogP contribution in [0, 0.1) is 29.1 Å². The Balaban J connectivity index is 7.20. The molecule has 0 aliphatic carbocycles. The summed E-state index contributed by atoms with van der Waals surface area (Å²) in [4.78, 5) is 81.4. The second kappa shape index (κ2) is 21.3. The smallest absolute Gasteiger partial charge is 0.327 e. The van der Waals surface area contributed by atoms with Crippen molar-refractivity contribution in [3.05, 3.63) is 0 Å². The molecule has 5 unspecified atom stereocenters. The fourth-order valence-electron chi connectivity index (χ4n) is 5.73. The van der Waals surface area contributed by atoms with Crippen LogP contribution < -0.4 is 27.4 Å². The predicted octanol–water partition coefficient (Wildman–Crippen LogP) is 1.42. The molecule has 0 aliphatic rings. The van der Waals surface area contributed by atoms with E-state index < -0.39 is 95.4 Å². The maximum atomic E-state index is 14.7. The van der Waals surface area contributed by atoms with Gasteiger partial charge in [-0.05, 0) is 49.9 Å². The summed E-state index contributed by atoms with van der Waals surface area (Å²) in [5, 5.41) is 41.4. The van der Waals surface area contributed by atoms with Crippen molar-refractivity contribution in [1.82, 2.24) is 16.0 Å². The van der Waals surface area contributed by atoms with Crippen LogP contribution in [0.2, 0.25) is 0 Å². The molecular formula is C35H65N5O9. The van der Waals surface area contributed by atoms with Crippen LogP contribution in [0.25, 0.3) is 0 Å². The summed E-state index contributed by atoms with van der Waals surface area (Å²) in [6, 6.07) is -6.22. The van der Waals surface area contributed by atoms with Gasteiger partial charge in [-0.2, -0.15) is 0 Å². The van der Waals surface area contributed by atoms with Gasteiger partial charge in [0.05, 0.1) is 24.2 Å². The number of nitrogens with one attached hydrogen (secondary N) is 3. The molecule has 3 amide bonds. The molecular weight excluding hydrogens is 634 g/mol. The first kappa shape index (κ1) is 46.1. The van der Waals surface area contributed by atoms with Crippen LogP contribution in [0.15, 0.2) is 0 Å². The number of unbranched alkanes of at least 4 members (excludes halogenated alkanes) is 2. The van der Waals surface area contributed by atoms with Gasteiger partial charge in [-0.3, -0.25) is 28.8 Å². The van der Waals surface area contributed by atoms with Crippen molar-refractivity contribution in [2.45, 2.75) is 157 Å². The van der Waals surface area contributed by atoms with Gasteiger partial charge < -0.3 is 42.7 Å². The number of carbonyl (C=O) groups is 6. The standard InChI is InChI=1S/C35H65N5O9/c1-11-12-13-14-27(43)39-29(21(8)9)33(47)40-28(20(6)7)31(45)35(34(48)49,26(42)17-25(41)23(37)15-18(2)3)30(44)24(16-19(4)5)38-32(46)22(10)36/h18-25,28-30,41,44H,11-17,36-37H2,1-10H3,(H,38,46)(H,39,43)(H,40,47)(H,48,49)/t22-,23?,24?,25?,28-,29-,30?,35?/m0/s1. The molecule has 0 fully saturated rings. The Bertz CT molecular complexity index is 1110. The number of aliphatic hydroxyl groups is 2. The minimum Gasteiger partial charge on any atom is -0.480 e. The molecule has 0 rings (SSSR count). The summed E-state index contributed by atoms with van der Waals surface area (Å²) in [6.45, 7) is 16.9. The van der Waals surface area contributed by atoms with Gasteiger partial charge in [-0.15, -0.1) is 0 Å². The highest BCUT2D eigenvalue weighted by Crippen LogP contribution is 2.35. The average molecular weight is 700 g/mol. The van der Waals surface area contributed by atoms with Gasteiger partial charge in [0.2, 0.25) is 23.1 Å². The van der Waals surface area contributed by atoms with E-state index in [1.54, 1.807) is 27.7 Å². The Hall–Kier alpha value is -2.94. The van der Waals surface area contributed by atoms with E-state index in [4.69, 9.17) is 11.5 Å². The lowest BCUT2D eigenvalue weighted by Gasteiger charge is -2.40. The van der Waals surface area contributed by atoms with Crippen molar-refractivity contribution in [1.29, 1.82) is 0 Å². The van der Waals surface area contributed by atoms with Crippen molar-refractivity contribution < 1.29 is 44.1 Å². The van der Waals surface area contributed by atoms with Gasteiger partial charge in [-0.25, -0.2) is 0 Å². The molecule has 0 saturated heterocycles. The van der Waals surface area contributed by atoms with E-state index in [0.717, 1.165) is 12.8 Å². The third-order valence-electron chi connectivity index (χ3n) is 8.61. The second-order valence-electron chi connectivity index (χ2n) is 14.9. The molecule has 0 aromatic heterocycles. The number of carboxylic acids is 1. The van der Waals surface area contributed by atoms with Crippen LogP contribution in [-0.4, -0.2) is 93.0 Å². The quantitative estimate of drug-likeness (QED) is 0.0528. The number of amides is 3. The molecule has 49 heavy (non-hydrogen) atoms. The molecule has 0 aliphatic heterocycles. The fourth-order valence-corrected chi connectivity index (χ4v) is 5.73. The Morgan fingerprint density at radius 2 is 1.24 bits per heavy atom. The van der Waals surface area contributed by atoms with Gasteiger partial charge >= 0.3 is 5.97 Å². The van der Waals surface area contributed by atoms with Crippen LogP contribution in [0.3, 0.4) is 0 Å². The maximum Gasteiger partial charge on any atom is 0.327 e. The van der Waals surface area contributed by atoms with Gasteiger partial charge in [0.25, 0.3) is 0 Å². The third kappa shape index (κ3) is 13.7. The summed E-state index contributed by atoms with van der Waals surface area (Å²) in [5.74, 6) is -8.09. The monoisotopic (exact) mass is 699 g/mol. The van der Waals surface area contributed by atoms with Crippen molar-refractivity contribution in [2.75, 3.05) is 0 Å². The highest BCUT2D eigenvalue weighted by molar-refractivity contribution is 6.24. The molecule has 0 aromatic carbocycles. The van der Waals surface area contributed by atoms with Gasteiger partial charge in [0.15, 0.2) is 11.6 Å². The first-order chi connectivity index (χ1) is 22.5. The van der Waals surface area contributed by atoms with Crippen molar-refractivity contribution in [3.8, 4) is 0 Å². The molecule has 10 N–H and O–H groups in total. The molecule has 0 aromatic rings. The zero-order valence-electron chi connectivity index (χ0n) is 31.2. The number of hydrogen-bond donors (Lipinski definition) is 8. The number of aliphatic carboxylic acids is 1. The summed E-state index contributed by atoms with van der Waals surface area (Å²) < 4.78 is 0. The maximum absolute atomic E-state index is 14.7. The molecule has 14 nitrogen and oxygen atoms in total. The van der Waals surface area contributed by atoms with Crippen molar-refractivity contribution in [2.24, 2.45) is 40.6 Å². The number of carbonyl (C=O) groups excluding carboxylic acids is 5. The van der Waals surface area contributed by atoms with Crippen LogP contribution in [0.4, 0.5) is 0 Å². The number of hydrogen-bond acceptors (Lipinski definition) is 10. The van der Waals surface area contributed by atoms with Crippen LogP contribution in [-0.2, 0) is 28.8 Å². The van der Waals surface area contributed by atoms with E-state index in [0.29, 0.717) is 6.42 Å². The van der Waals surface area contributed by atoms with Crippen LogP contribution >= 0.6 is 0 Å². The highest BCUT2D eigenvalue weighted by atomic mass is 16.4. The molecule has 8 atom stereocenters. The Morgan fingerprint density at radius 3 is 1.67 bits per heavy atom. The second-order valence-corrected chi connectivity index (χ2v) is 14.9. The molecule has 0 radical (unpaired) electrons. The zero-order chi connectivity index (χ0) is 38.4. The average Bonchev–Trinajstić information content (AvgIpc) is 2.97. The van der Waals surface area contributed by atoms with Crippen LogP contribution in [0.5, 0.6) is 0 Å². The van der Waals surface area contributed by atoms with Gasteiger partial charge in [0.1, 0.15) is 12.1 Å². The number of carboxylic acid groups (broad SMARTS) is 1. The molecule has 284 valence electrons. The molecule has 14 heteroatoms. The van der Waals surface area contributed by atoms with E-state index in [1.165, 1.54) is 20.8 Å². The Morgan fingerprint density at radius 1 is 0.714 bits per heavy atom. The number of ketones is 2. The van der Waals surface area contributed by atoms with Crippen LogP contribution in [0.1, 0.15) is 114 Å². The van der Waals surface area contributed by atoms with E-state index in [-0.39, 0.29) is 37.0 Å². The summed E-state index contributed by atoms with van der Waals surface area (Å²) in [7, 11) is 0. The van der Waals surface area contributed by atoms with E-state index in [1.807, 2.05) is 20.8 Å². The van der Waals surface area contributed by atoms with E-state index in [9.17, 15) is 44.1 Å². The lowest BCUT2D eigenvalue weighted by atomic mass is 9.66. The Labute approximate surface area is 292 Å². The van der Waals surface area contributed by atoms with E-state index >= 15 is 0 Å². The van der Waals surface area contributed by atoms with Crippen molar-refractivity contribution >= 4 is 35.3 Å². The minimum absolute atomic E-state index is 0.0154. The normalized spacial score (nSPS) is 17.4. The SMILES string of the molecule is CCCCCC(=O)N[C@H](C(=O)N[C@H](C(=O)C(C(=O)O)(C(=O)CC(O)C(N)CC(C)C)C(O)C(CC(C)C)NC(=O)[C@H](C)N)C(C)C)C(C)C. The summed E-state index contributed by atoms with van der Waals surface area (Å²) in [5.41, 5.74) is 8.59. The number of nitrogens with two attached hydrogens (primary N) is 2. The zero-order valence-corrected chi connectivity index (χ0v) is 31.2.